The second kappa shape index (κ2) is 6.95. The standard InChI is InChI=1S/C18H27ClO/c1-12(2)15-5-6-16(17(11-15)13(3)4)18(19)14-7-9-20-10-8-14/h5-6,11-14,18H,7-10H2,1-4H3. The fraction of sp³-hybridized carbons (Fsp3) is 0.667. The molecule has 0 amide bonds. The number of benzene rings is 1. The van der Waals surface area contributed by atoms with Crippen LogP contribution in [0.1, 0.15) is 74.4 Å². The molecule has 2 rings (SSSR count). The molecule has 0 aromatic heterocycles. The highest BCUT2D eigenvalue weighted by Gasteiger charge is 2.26. The molecule has 0 bridgehead atoms. The molecule has 1 unspecified atom stereocenters. The van der Waals surface area contributed by atoms with Crippen LogP contribution in [0.15, 0.2) is 18.2 Å². The quantitative estimate of drug-likeness (QED) is 0.653. The largest absolute Gasteiger partial charge is 0.381 e. The van der Waals surface area contributed by atoms with Crippen LogP contribution in [0.4, 0.5) is 0 Å². The van der Waals surface area contributed by atoms with Gasteiger partial charge in [0, 0.05) is 13.2 Å². The zero-order chi connectivity index (χ0) is 14.7. The van der Waals surface area contributed by atoms with Gasteiger partial charge in [-0.1, -0.05) is 45.9 Å². The number of hydrogen-bond donors (Lipinski definition) is 0. The third-order valence-corrected chi connectivity index (χ3v) is 4.97. The van der Waals surface area contributed by atoms with Crippen LogP contribution in [0.5, 0.6) is 0 Å². The fourth-order valence-corrected chi connectivity index (χ4v) is 3.42. The lowest BCUT2D eigenvalue weighted by Crippen LogP contribution is -2.20. The lowest BCUT2D eigenvalue weighted by molar-refractivity contribution is 0.0650. The Labute approximate surface area is 128 Å². The molecule has 0 spiro atoms. The first-order chi connectivity index (χ1) is 9.50. The minimum Gasteiger partial charge on any atom is -0.381 e. The van der Waals surface area contributed by atoms with Gasteiger partial charge in [-0.2, -0.15) is 0 Å². The van der Waals surface area contributed by atoms with Crippen LogP contribution in [-0.2, 0) is 4.74 Å². The van der Waals surface area contributed by atoms with Crippen LogP contribution in [0, 0.1) is 5.92 Å². The maximum absolute atomic E-state index is 6.81. The lowest BCUT2D eigenvalue weighted by atomic mass is 9.85. The van der Waals surface area contributed by atoms with Crippen molar-refractivity contribution in [1.82, 2.24) is 0 Å². The minimum atomic E-state index is 0.123. The molecule has 1 saturated heterocycles. The van der Waals surface area contributed by atoms with Crippen LogP contribution >= 0.6 is 11.6 Å². The van der Waals surface area contributed by atoms with E-state index in [0.717, 1.165) is 26.1 Å². The SMILES string of the molecule is CC(C)c1ccc(C(Cl)C2CCOCC2)c(C(C)C)c1. The predicted molar refractivity (Wildman–Crippen MR) is 86.8 cm³/mol. The summed E-state index contributed by atoms with van der Waals surface area (Å²) in [6.07, 6.45) is 2.16. The van der Waals surface area contributed by atoms with E-state index in [1.54, 1.807) is 0 Å². The third kappa shape index (κ3) is 3.56. The molecule has 1 aromatic carbocycles. The van der Waals surface area contributed by atoms with E-state index in [0.29, 0.717) is 17.8 Å². The lowest BCUT2D eigenvalue weighted by Gasteiger charge is -2.29. The first-order valence-corrected chi connectivity index (χ1v) is 8.30. The maximum atomic E-state index is 6.81. The van der Waals surface area contributed by atoms with Crippen molar-refractivity contribution in [2.75, 3.05) is 13.2 Å². The summed E-state index contributed by atoms with van der Waals surface area (Å²) >= 11 is 6.81. The molecule has 1 aliphatic rings. The zero-order valence-electron chi connectivity index (χ0n) is 13.2. The summed E-state index contributed by atoms with van der Waals surface area (Å²) in [6, 6.07) is 6.87. The van der Waals surface area contributed by atoms with Crippen molar-refractivity contribution >= 4 is 11.6 Å². The maximum Gasteiger partial charge on any atom is 0.0617 e. The monoisotopic (exact) mass is 294 g/mol. The summed E-state index contributed by atoms with van der Waals surface area (Å²) in [5, 5.41) is 0.123. The van der Waals surface area contributed by atoms with Crippen LogP contribution in [0.25, 0.3) is 0 Å². The average Bonchev–Trinajstić information content (AvgIpc) is 2.46. The highest BCUT2D eigenvalue weighted by molar-refractivity contribution is 6.21. The zero-order valence-corrected chi connectivity index (χ0v) is 13.9. The van der Waals surface area contributed by atoms with Crippen molar-refractivity contribution in [3.05, 3.63) is 34.9 Å². The van der Waals surface area contributed by atoms with Crippen molar-refractivity contribution < 1.29 is 4.74 Å². The molecular weight excluding hydrogens is 268 g/mol. The summed E-state index contributed by atoms with van der Waals surface area (Å²) in [6.45, 7) is 10.7. The van der Waals surface area contributed by atoms with Gasteiger partial charge in [-0.3, -0.25) is 0 Å². The molecule has 0 radical (unpaired) electrons. The summed E-state index contributed by atoms with van der Waals surface area (Å²) in [5.74, 6) is 1.64. The van der Waals surface area contributed by atoms with Gasteiger partial charge in [-0.15, -0.1) is 11.6 Å². The van der Waals surface area contributed by atoms with Gasteiger partial charge in [0.2, 0.25) is 0 Å². The molecule has 1 aromatic rings. The Balaban J connectivity index is 2.29. The minimum absolute atomic E-state index is 0.123. The summed E-state index contributed by atoms with van der Waals surface area (Å²) in [5.41, 5.74) is 4.16. The molecule has 1 atom stereocenters. The molecule has 0 aliphatic carbocycles. The van der Waals surface area contributed by atoms with Gasteiger partial charge in [0.25, 0.3) is 0 Å². The average molecular weight is 295 g/mol. The first-order valence-electron chi connectivity index (χ1n) is 7.86. The molecule has 1 heterocycles. The molecule has 0 saturated carbocycles. The molecule has 1 nitrogen and oxygen atoms in total. The van der Waals surface area contributed by atoms with Gasteiger partial charge in [0.1, 0.15) is 0 Å². The van der Waals surface area contributed by atoms with E-state index in [2.05, 4.69) is 45.9 Å². The molecule has 1 aliphatic heterocycles. The van der Waals surface area contributed by atoms with Gasteiger partial charge in [-0.05, 0) is 47.3 Å². The Hall–Kier alpha value is -0.530. The molecule has 1 fully saturated rings. The molecular formula is C18H27ClO. The summed E-state index contributed by atoms with van der Waals surface area (Å²) < 4.78 is 5.46. The molecule has 112 valence electrons. The van der Waals surface area contributed by atoms with Crippen LogP contribution in [0.2, 0.25) is 0 Å². The van der Waals surface area contributed by atoms with Gasteiger partial charge >= 0.3 is 0 Å². The normalized spacial score (nSPS) is 18.8. The Morgan fingerprint density at radius 1 is 1.00 bits per heavy atom. The van der Waals surface area contributed by atoms with Crippen molar-refractivity contribution in [3.8, 4) is 0 Å². The van der Waals surface area contributed by atoms with Gasteiger partial charge in [0.15, 0.2) is 0 Å². The number of alkyl halides is 1. The Bertz CT molecular complexity index is 433. The van der Waals surface area contributed by atoms with Crippen LogP contribution < -0.4 is 0 Å². The molecule has 20 heavy (non-hydrogen) atoms. The number of halogens is 1. The Morgan fingerprint density at radius 3 is 2.20 bits per heavy atom. The Morgan fingerprint density at radius 2 is 1.65 bits per heavy atom. The first kappa shape index (κ1) is 15.9. The molecule has 2 heteroatoms. The third-order valence-electron chi connectivity index (χ3n) is 4.38. The summed E-state index contributed by atoms with van der Waals surface area (Å²) in [4.78, 5) is 0. The highest BCUT2D eigenvalue weighted by Crippen LogP contribution is 2.39. The van der Waals surface area contributed by atoms with Gasteiger partial charge < -0.3 is 4.74 Å². The Kier molecular flexibility index (Phi) is 5.51. The van der Waals surface area contributed by atoms with Gasteiger partial charge in [-0.25, -0.2) is 0 Å². The van der Waals surface area contributed by atoms with Crippen LogP contribution in [-0.4, -0.2) is 13.2 Å². The van der Waals surface area contributed by atoms with Crippen LogP contribution in [0.3, 0.4) is 0 Å². The van der Waals surface area contributed by atoms with E-state index in [-0.39, 0.29) is 5.38 Å². The van der Waals surface area contributed by atoms with E-state index in [1.165, 1.54) is 16.7 Å². The van der Waals surface area contributed by atoms with Gasteiger partial charge in [0.05, 0.1) is 5.38 Å². The number of rotatable bonds is 4. The van der Waals surface area contributed by atoms with E-state index in [1.807, 2.05) is 0 Å². The van der Waals surface area contributed by atoms with E-state index >= 15 is 0 Å². The van der Waals surface area contributed by atoms with Crippen molar-refractivity contribution in [3.63, 3.8) is 0 Å². The van der Waals surface area contributed by atoms with Crippen molar-refractivity contribution in [2.45, 2.75) is 57.7 Å². The smallest absolute Gasteiger partial charge is 0.0617 e. The van der Waals surface area contributed by atoms with E-state index in [9.17, 15) is 0 Å². The van der Waals surface area contributed by atoms with Crippen molar-refractivity contribution in [2.24, 2.45) is 5.92 Å². The van der Waals surface area contributed by atoms with Crippen molar-refractivity contribution in [1.29, 1.82) is 0 Å². The van der Waals surface area contributed by atoms with E-state index in [4.69, 9.17) is 16.3 Å². The van der Waals surface area contributed by atoms with E-state index < -0.39 is 0 Å². The number of hydrogen-bond acceptors (Lipinski definition) is 1. The summed E-state index contributed by atoms with van der Waals surface area (Å²) in [7, 11) is 0. The predicted octanol–water partition coefficient (Wildman–Crippen LogP) is 5.64. The molecule has 0 N–H and O–H groups in total. The highest BCUT2D eigenvalue weighted by atomic mass is 35.5. The topological polar surface area (TPSA) is 9.23 Å². The fourth-order valence-electron chi connectivity index (χ4n) is 2.97. The second-order valence-electron chi connectivity index (χ2n) is 6.55. The second-order valence-corrected chi connectivity index (χ2v) is 7.02. The number of ether oxygens (including phenoxy) is 1.